The van der Waals surface area contributed by atoms with Gasteiger partial charge in [0.2, 0.25) is 0 Å². The highest BCUT2D eigenvalue weighted by molar-refractivity contribution is 9.10. The van der Waals surface area contributed by atoms with Crippen LogP contribution in [0.2, 0.25) is 0 Å². The normalized spacial score (nSPS) is 12.4. The molecule has 1 aromatic rings. The van der Waals surface area contributed by atoms with E-state index in [2.05, 4.69) is 15.9 Å². The van der Waals surface area contributed by atoms with Crippen molar-refractivity contribution in [3.05, 3.63) is 28.7 Å². The number of hydrogen-bond acceptors (Lipinski definition) is 3. The van der Waals surface area contributed by atoms with Gasteiger partial charge < -0.3 is 10.8 Å². The van der Waals surface area contributed by atoms with Gasteiger partial charge in [-0.1, -0.05) is 12.1 Å². The topological polar surface area (TPSA) is 63.3 Å². The van der Waals surface area contributed by atoms with Gasteiger partial charge in [0.25, 0.3) is 0 Å². The minimum Gasteiger partial charge on any atom is -0.480 e. The van der Waals surface area contributed by atoms with E-state index in [0.29, 0.717) is 5.75 Å². The first-order chi connectivity index (χ1) is 6.61. The van der Waals surface area contributed by atoms with Crippen molar-refractivity contribution in [1.29, 1.82) is 0 Å². The van der Waals surface area contributed by atoms with Crippen molar-refractivity contribution in [3.8, 4) is 0 Å². The smallest absolute Gasteiger partial charge is 0.321 e. The van der Waals surface area contributed by atoms with Crippen LogP contribution in [0.3, 0.4) is 0 Å². The van der Waals surface area contributed by atoms with Crippen molar-refractivity contribution in [2.75, 3.05) is 5.75 Å². The lowest BCUT2D eigenvalue weighted by atomic mass is 10.4. The number of carboxylic acids is 1. The SMILES string of the molecule is NC(CSc1ccccc1Br)C(=O)O. The number of aliphatic carboxylic acids is 1. The van der Waals surface area contributed by atoms with Gasteiger partial charge in [-0.05, 0) is 28.1 Å². The van der Waals surface area contributed by atoms with E-state index in [-0.39, 0.29) is 0 Å². The molecule has 0 aliphatic heterocycles. The van der Waals surface area contributed by atoms with Gasteiger partial charge in [-0.2, -0.15) is 0 Å². The zero-order chi connectivity index (χ0) is 10.6. The van der Waals surface area contributed by atoms with Crippen LogP contribution in [0.5, 0.6) is 0 Å². The summed E-state index contributed by atoms with van der Waals surface area (Å²) in [6.45, 7) is 0. The molecule has 0 radical (unpaired) electrons. The van der Waals surface area contributed by atoms with E-state index >= 15 is 0 Å². The summed E-state index contributed by atoms with van der Waals surface area (Å²) >= 11 is 4.81. The fraction of sp³-hybridized carbons (Fsp3) is 0.222. The lowest BCUT2D eigenvalue weighted by molar-refractivity contribution is -0.137. The van der Waals surface area contributed by atoms with Gasteiger partial charge in [0.1, 0.15) is 6.04 Å². The summed E-state index contributed by atoms with van der Waals surface area (Å²) in [5.74, 6) is -0.595. The summed E-state index contributed by atoms with van der Waals surface area (Å²) in [4.78, 5) is 11.5. The highest BCUT2D eigenvalue weighted by Gasteiger charge is 2.12. The molecule has 1 unspecified atom stereocenters. The molecule has 0 aliphatic carbocycles. The molecule has 76 valence electrons. The van der Waals surface area contributed by atoms with Gasteiger partial charge in [0.05, 0.1) is 0 Å². The van der Waals surface area contributed by atoms with Crippen LogP contribution < -0.4 is 5.73 Å². The minimum atomic E-state index is -0.968. The number of benzene rings is 1. The van der Waals surface area contributed by atoms with Crippen molar-refractivity contribution in [2.24, 2.45) is 5.73 Å². The first-order valence-corrected chi connectivity index (χ1v) is 5.75. The van der Waals surface area contributed by atoms with E-state index in [1.807, 2.05) is 24.3 Å². The maximum absolute atomic E-state index is 10.5. The second kappa shape index (κ2) is 5.38. The summed E-state index contributed by atoms with van der Waals surface area (Å²) in [5, 5.41) is 8.58. The number of halogens is 1. The molecule has 0 saturated heterocycles. The molecule has 0 saturated carbocycles. The summed E-state index contributed by atoms with van der Waals surface area (Å²) in [5.41, 5.74) is 5.38. The van der Waals surface area contributed by atoms with Crippen LogP contribution in [-0.4, -0.2) is 22.9 Å². The maximum atomic E-state index is 10.5. The van der Waals surface area contributed by atoms with Crippen molar-refractivity contribution < 1.29 is 9.90 Å². The molecule has 14 heavy (non-hydrogen) atoms. The monoisotopic (exact) mass is 275 g/mol. The van der Waals surface area contributed by atoms with E-state index < -0.39 is 12.0 Å². The molecular weight excluding hydrogens is 266 g/mol. The van der Waals surface area contributed by atoms with E-state index in [4.69, 9.17) is 10.8 Å². The Morgan fingerprint density at radius 2 is 2.21 bits per heavy atom. The minimum absolute atomic E-state index is 0.373. The van der Waals surface area contributed by atoms with Crippen molar-refractivity contribution >= 4 is 33.7 Å². The molecule has 0 amide bonds. The molecule has 3 N–H and O–H groups in total. The molecule has 0 spiro atoms. The number of carboxylic acid groups (broad SMARTS) is 1. The van der Waals surface area contributed by atoms with E-state index in [9.17, 15) is 4.79 Å². The Hall–Kier alpha value is -0.520. The number of nitrogens with two attached hydrogens (primary N) is 1. The van der Waals surface area contributed by atoms with Crippen LogP contribution >= 0.6 is 27.7 Å². The second-order valence-electron chi connectivity index (χ2n) is 2.69. The Balaban J connectivity index is 2.54. The molecule has 1 rings (SSSR count). The number of rotatable bonds is 4. The maximum Gasteiger partial charge on any atom is 0.321 e. The molecule has 0 fully saturated rings. The molecule has 0 aliphatic rings. The molecular formula is C9H10BrNO2S. The quantitative estimate of drug-likeness (QED) is 0.825. The third-order valence-corrected chi connectivity index (χ3v) is 3.72. The number of thioether (sulfide) groups is 1. The summed E-state index contributed by atoms with van der Waals surface area (Å²) in [7, 11) is 0. The molecule has 1 atom stereocenters. The third-order valence-electron chi connectivity index (χ3n) is 1.57. The van der Waals surface area contributed by atoms with Gasteiger partial charge in [0, 0.05) is 15.1 Å². The number of carbonyl (C=O) groups is 1. The average Bonchev–Trinajstić information content (AvgIpc) is 2.16. The predicted molar refractivity (Wildman–Crippen MR) is 60.5 cm³/mol. The first-order valence-electron chi connectivity index (χ1n) is 3.97. The number of hydrogen-bond donors (Lipinski definition) is 2. The standard InChI is InChI=1S/C9H10BrNO2S/c10-6-3-1-2-4-8(6)14-5-7(11)9(12)13/h1-4,7H,5,11H2,(H,12,13). The molecule has 3 nitrogen and oxygen atoms in total. The van der Waals surface area contributed by atoms with Gasteiger partial charge in [0.15, 0.2) is 0 Å². The van der Waals surface area contributed by atoms with Crippen LogP contribution in [-0.2, 0) is 4.79 Å². The molecule has 5 heteroatoms. The molecule has 0 aromatic heterocycles. The Kier molecular flexibility index (Phi) is 4.44. The van der Waals surface area contributed by atoms with Gasteiger partial charge >= 0.3 is 5.97 Å². The third kappa shape index (κ3) is 3.32. The Bertz CT molecular complexity index is 332. The van der Waals surface area contributed by atoms with Crippen LogP contribution in [0.1, 0.15) is 0 Å². The van der Waals surface area contributed by atoms with Gasteiger partial charge in [-0.3, -0.25) is 4.79 Å². The summed E-state index contributed by atoms with van der Waals surface area (Å²) < 4.78 is 0.961. The lowest BCUT2D eigenvalue weighted by Gasteiger charge is -2.06. The predicted octanol–water partition coefficient (Wildman–Crippen LogP) is 1.95. The van der Waals surface area contributed by atoms with Crippen molar-refractivity contribution in [3.63, 3.8) is 0 Å². The van der Waals surface area contributed by atoms with Crippen molar-refractivity contribution in [2.45, 2.75) is 10.9 Å². The van der Waals surface area contributed by atoms with E-state index in [1.54, 1.807) is 0 Å². The molecule has 1 aromatic carbocycles. The fourth-order valence-corrected chi connectivity index (χ4v) is 2.32. The summed E-state index contributed by atoms with van der Waals surface area (Å²) in [6.07, 6.45) is 0. The highest BCUT2D eigenvalue weighted by Crippen LogP contribution is 2.27. The zero-order valence-corrected chi connectivity index (χ0v) is 9.72. The Morgan fingerprint density at radius 3 is 2.79 bits per heavy atom. The zero-order valence-electron chi connectivity index (χ0n) is 7.31. The average molecular weight is 276 g/mol. The largest absolute Gasteiger partial charge is 0.480 e. The Morgan fingerprint density at radius 1 is 1.57 bits per heavy atom. The van der Waals surface area contributed by atoms with E-state index in [1.165, 1.54) is 11.8 Å². The van der Waals surface area contributed by atoms with Crippen LogP contribution in [0, 0.1) is 0 Å². The van der Waals surface area contributed by atoms with Crippen LogP contribution in [0.15, 0.2) is 33.6 Å². The molecule has 0 bridgehead atoms. The van der Waals surface area contributed by atoms with Gasteiger partial charge in [-0.25, -0.2) is 0 Å². The highest BCUT2D eigenvalue weighted by atomic mass is 79.9. The van der Waals surface area contributed by atoms with Gasteiger partial charge in [-0.15, -0.1) is 11.8 Å². The Labute approximate surface area is 94.8 Å². The second-order valence-corrected chi connectivity index (χ2v) is 4.60. The molecule has 0 heterocycles. The van der Waals surface area contributed by atoms with Crippen LogP contribution in [0.25, 0.3) is 0 Å². The first kappa shape index (κ1) is 11.6. The van der Waals surface area contributed by atoms with Crippen LogP contribution in [0.4, 0.5) is 0 Å². The van der Waals surface area contributed by atoms with Crippen molar-refractivity contribution in [1.82, 2.24) is 0 Å². The van der Waals surface area contributed by atoms with E-state index in [0.717, 1.165) is 9.37 Å². The summed E-state index contributed by atoms with van der Waals surface area (Å²) in [6, 6.07) is 6.83. The fourth-order valence-electron chi connectivity index (χ4n) is 0.813. The lowest BCUT2D eigenvalue weighted by Crippen LogP contribution is -2.32.